The molecular formula is C35H62FNO3Si. The van der Waals surface area contributed by atoms with Gasteiger partial charge in [-0.25, -0.2) is 4.39 Å². The molecule has 1 rings (SSSR count). The van der Waals surface area contributed by atoms with E-state index >= 15 is 0 Å². The lowest BCUT2D eigenvalue weighted by atomic mass is 10.0. The van der Waals surface area contributed by atoms with Crippen LogP contribution in [0.25, 0.3) is 0 Å². The SMILES string of the molecule is CCCCCCCCCCCCCCCCCCOCC(COCc1ccc(F)cc1C#N)O[Si](C)(C)C(C)(C)C. The quantitative estimate of drug-likeness (QED) is 0.0838. The lowest BCUT2D eigenvalue weighted by Crippen LogP contribution is -2.46. The van der Waals surface area contributed by atoms with Crippen molar-refractivity contribution in [2.45, 2.75) is 161 Å². The number of rotatable bonds is 25. The summed E-state index contributed by atoms with van der Waals surface area (Å²) < 4.78 is 32.1. The van der Waals surface area contributed by atoms with Gasteiger partial charge in [-0.3, -0.25) is 0 Å². The van der Waals surface area contributed by atoms with Crippen molar-refractivity contribution in [3.05, 3.63) is 35.1 Å². The highest BCUT2D eigenvalue weighted by Gasteiger charge is 2.39. The molecule has 0 saturated carbocycles. The standard InChI is InChI=1S/C35H62FNO3Si/c1-7-8-9-10-11-12-13-14-15-16-17-18-19-20-21-22-25-38-29-34(40-41(5,6)35(2,3)4)30-39-28-31-23-24-33(36)26-32(31)27-37/h23-24,26,34H,7-22,25,28-30H2,1-6H3. The number of unbranched alkanes of at least 4 members (excludes halogenated alkanes) is 15. The van der Waals surface area contributed by atoms with Gasteiger partial charge in [0, 0.05) is 6.61 Å². The normalized spacial score (nSPS) is 12.9. The zero-order chi connectivity index (χ0) is 30.4. The van der Waals surface area contributed by atoms with Crippen molar-refractivity contribution < 1.29 is 18.3 Å². The third-order valence-corrected chi connectivity index (χ3v) is 13.0. The van der Waals surface area contributed by atoms with Crippen molar-refractivity contribution in [1.29, 1.82) is 5.26 Å². The Kier molecular flexibility index (Phi) is 20.5. The molecule has 0 aromatic heterocycles. The molecular weight excluding hydrogens is 529 g/mol. The van der Waals surface area contributed by atoms with Gasteiger partial charge in [0.05, 0.1) is 37.6 Å². The fraction of sp³-hybridized carbons (Fsp3) is 0.800. The van der Waals surface area contributed by atoms with Crippen molar-refractivity contribution in [3.8, 4) is 6.07 Å². The van der Waals surface area contributed by atoms with Crippen molar-refractivity contribution >= 4 is 8.32 Å². The van der Waals surface area contributed by atoms with E-state index in [1.165, 1.54) is 108 Å². The smallest absolute Gasteiger partial charge is 0.192 e. The molecule has 0 aliphatic rings. The average molecular weight is 592 g/mol. The zero-order valence-corrected chi connectivity index (χ0v) is 28.5. The Morgan fingerprint density at radius 3 is 1.76 bits per heavy atom. The topological polar surface area (TPSA) is 51.5 Å². The second kappa shape index (κ2) is 22.3. The molecule has 41 heavy (non-hydrogen) atoms. The van der Waals surface area contributed by atoms with E-state index in [0.29, 0.717) is 24.3 Å². The number of benzene rings is 1. The van der Waals surface area contributed by atoms with Gasteiger partial charge in [0.25, 0.3) is 0 Å². The third kappa shape index (κ3) is 18.1. The van der Waals surface area contributed by atoms with E-state index in [1.807, 2.05) is 0 Å². The van der Waals surface area contributed by atoms with Crippen LogP contribution in [0.1, 0.15) is 142 Å². The van der Waals surface area contributed by atoms with E-state index in [4.69, 9.17) is 13.9 Å². The first-order valence-corrected chi connectivity index (χ1v) is 19.5. The average Bonchev–Trinajstić information content (AvgIpc) is 2.92. The van der Waals surface area contributed by atoms with E-state index in [9.17, 15) is 9.65 Å². The first-order valence-electron chi connectivity index (χ1n) is 16.6. The molecule has 0 fully saturated rings. The minimum atomic E-state index is -2.00. The van der Waals surface area contributed by atoms with Crippen LogP contribution in [0, 0.1) is 17.1 Å². The molecule has 6 heteroatoms. The van der Waals surface area contributed by atoms with E-state index in [2.05, 4.69) is 46.9 Å². The van der Waals surface area contributed by atoms with Crippen LogP contribution in [0.2, 0.25) is 18.1 Å². The first kappa shape index (κ1) is 37.8. The van der Waals surface area contributed by atoms with Crippen molar-refractivity contribution in [3.63, 3.8) is 0 Å². The second-order valence-corrected chi connectivity index (χ2v) is 18.1. The summed E-state index contributed by atoms with van der Waals surface area (Å²) in [5.74, 6) is -0.410. The summed E-state index contributed by atoms with van der Waals surface area (Å²) in [4.78, 5) is 0. The van der Waals surface area contributed by atoms with Gasteiger partial charge in [-0.15, -0.1) is 0 Å². The summed E-state index contributed by atoms with van der Waals surface area (Å²) in [6, 6.07) is 6.29. The van der Waals surface area contributed by atoms with E-state index < -0.39 is 14.1 Å². The van der Waals surface area contributed by atoms with Gasteiger partial charge in [-0.1, -0.05) is 130 Å². The number of hydrogen-bond acceptors (Lipinski definition) is 4. The molecule has 0 N–H and O–H groups in total. The summed E-state index contributed by atoms with van der Waals surface area (Å²) in [5.41, 5.74) is 1.00. The maximum absolute atomic E-state index is 13.5. The Balaban J connectivity index is 2.21. The van der Waals surface area contributed by atoms with Gasteiger partial charge in [0.15, 0.2) is 8.32 Å². The summed E-state index contributed by atoms with van der Waals surface area (Å²) in [5, 5.41) is 9.39. The highest BCUT2D eigenvalue weighted by atomic mass is 28.4. The summed E-state index contributed by atoms with van der Waals surface area (Å²) >= 11 is 0. The van der Waals surface area contributed by atoms with Crippen LogP contribution in [0.3, 0.4) is 0 Å². The number of nitrogens with zero attached hydrogens (tertiary/aromatic N) is 1. The van der Waals surface area contributed by atoms with Crippen LogP contribution in [0.4, 0.5) is 4.39 Å². The van der Waals surface area contributed by atoms with Gasteiger partial charge >= 0.3 is 0 Å². The molecule has 0 radical (unpaired) electrons. The molecule has 0 amide bonds. The Morgan fingerprint density at radius 1 is 0.780 bits per heavy atom. The predicted molar refractivity (Wildman–Crippen MR) is 173 cm³/mol. The largest absolute Gasteiger partial charge is 0.409 e. The fourth-order valence-corrected chi connectivity index (χ4v) is 6.08. The van der Waals surface area contributed by atoms with Crippen molar-refractivity contribution in [2.24, 2.45) is 0 Å². The maximum atomic E-state index is 13.5. The van der Waals surface area contributed by atoms with Gasteiger partial charge in [-0.2, -0.15) is 5.26 Å². The van der Waals surface area contributed by atoms with Gasteiger partial charge < -0.3 is 13.9 Å². The number of hydrogen-bond donors (Lipinski definition) is 0. The predicted octanol–water partition coefficient (Wildman–Crippen LogP) is 10.9. The zero-order valence-electron chi connectivity index (χ0n) is 27.5. The van der Waals surface area contributed by atoms with Crippen LogP contribution in [-0.4, -0.2) is 34.2 Å². The molecule has 1 aromatic carbocycles. The van der Waals surface area contributed by atoms with Crippen molar-refractivity contribution in [2.75, 3.05) is 19.8 Å². The van der Waals surface area contributed by atoms with Crippen LogP contribution in [0.5, 0.6) is 0 Å². The molecule has 236 valence electrons. The molecule has 0 spiro atoms. The number of halogens is 1. The molecule has 1 atom stereocenters. The van der Waals surface area contributed by atoms with Gasteiger partial charge in [0.2, 0.25) is 0 Å². The lowest BCUT2D eigenvalue weighted by molar-refractivity contribution is -0.0178. The first-order chi connectivity index (χ1) is 19.6. The monoisotopic (exact) mass is 591 g/mol. The summed E-state index contributed by atoms with van der Waals surface area (Å²) in [6.07, 6.45) is 21.6. The second-order valence-electron chi connectivity index (χ2n) is 13.3. The van der Waals surface area contributed by atoms with Crippen LogP contribution in [0.15, 0.2) is 18.2 Å². The highest BCUT2D eigenvalue weighted by molar-refractivity contribution is 6.74. The highest BCUT2D eigenvalue weighted by Crippen LogP contribution is 2.37. The third-order valence-electron chi connectivity index (χ3n) is 8.47. The minimum absolute atomic E-state index is 0.0874. The molecule has 1 aromatic rings. The Morgan fingerprint density at radius 2 is 1.27 bits per heavy atom. The molecule has 4 nitrogen and oxygen atoms in total. The van der Waals surface area contributed by atoms with E-state index in [1.54, 1.807) is 6.07 Å². The Bertz CT molecular complexity index is 834. The van der Waals surface area contributed by atoms with Crippen LogP contribution >= 0.6 is 0 Å². The number of nitriles is 1. The fourth-order valence-electron chi connectivity index (χ4n) is 4.76. The van der Waals surface area contributed by atoms with Gasteiger partial charge in [-0.05, 0) is 42.2 Å². The molecule has 0 aliphatic heterocycles. The molecule has 0 bridgehead atoms. The maximum Gasteiger partial charge on any atom is 0.192 e. The number of ether oxygens (including phenoxy) is 2. The minimum Gasteiger partial charge on any atom is -0.409 e. The van der Waals surface area contributed by atoms with Crippen molar-refractivity contribution in [1.82, 2.24) is 0 Å². The van der Waals surface area contributed by atoms with Crippen LogP contribution in [-0.2, 0) is 20.5 Å². The molecule has 1 unspecified atom stereocenters. The molecule has 0 saturated heterocycles. The van der Waals surface area contributed by atoms with E-state index in [-0.39, 0.29) is 17.7 Å². The lowest BCUT2D eigenvalue weighted by Gasteiger charge is -2.39. The Labute approximate surface area is 253 Å². The Hall–Kier alpha value is -1.26. The summed E-state index contributed by atoms with van der Waals surface area (Å²) in [6.45, 7) is 15.3. The summed E-state index contributed by atoms with van der Waals surface area (Å²) in [7, 11) is -2.00. The molecule has 0 aliphatic carbocycles. The van der Waals surface area contributed by atoms with E-state index in [0.717, 1.165) is 13.0 Å². The molecule has 0 heterocycles. The van der Waals surface area contributed by atoms with Gasteiger partial charge in [0.1, 0.15) is 5.82 Å². The van der Waals surface area contributed by atoms with Crippen LogP contribution < -0.4 is 0 Å².